The van der Waals surface area contributed by atoms with E-state index in [9.17, 15) is 4.79 Å². The number of ether oxygens (including phenoxy) is 1. The molecule has 1 saturated heterocycles. The molecule has 17 heavy (non-hydrogen) atoms. The molecule has 2 rings (SSSR count). The molecule has 1 amide bonds. The number of nitrogens with zero attached hydrogens (tertiary/aromatic N) is 1. The number of pyridine rings is 1. The molecule has 0 radical (unpaired) electrons. The minimum absolute atomic E-state index is 0.123. The summed E-state index contributed by atoms with van der Waals surface area (Å²) in [6.07, 6.45) is 3.69. The van der Waals surface area contributed by atoms with Crippen molar-refractivity contribution in [2.45, 2.75) is 25.4 Å². The Morgan fingerprint density at radius 3 is 3.18 bits per heavy atom. The van der Waals surface area contributed by atoms with E-state index in [1.54, 1.807) is 18.3 Å². The number of carbonyl (C=O) groups is 1. The van der Waals surface area contributed by atoms with E-state index in [0.29, 0.717) is 16.7 Å². The minimum Gasteiger partial charge on any atom is -0.373 e. The second-order valence-corrected chi connectivity index (χ2v) is 5.18. The summed E-state index contributed by atoms with van der Waals surface area (Å²) in [6.45, 7) is 3.34. The second-order valence-electron chi connectivity index (χ2n) is 4.43. The van der Waals surface area contributed by atoms with Gasteiger partial charge in [0.15, 0.2) is 0 Å². The van der Waals surface area contributed by atoms with Crippen LogP contribution in [0.5, 0.6) is 0 Å². The Morgan fingerprint density at radius 1 is 1.71 bits per heavy atom. The SMILES string of the molecule is CC1(CNC(=O)c2cccnc2Br)CCCO1. The third-order valence-electron chi connectivity index (χ3n) is 2.93. The van der Waals surface area contributed by atoms with E-state index in [0.717, 1.165) is 19.4 Å². The molecule has 1 aromatic heterocycles. The van der Waals surface area contributed by atoms with Gasteiger partial charge in [0.05, 0.1) is 11.2 Å². The zero-order valence-corrected chi connectivity index (χ0v) is 11.3. The van der Waals surface area contributed by atoms with Crippen LogP contribution >= 0.6 is 15.9 Å². The molecular weight excluding hydrogens is 284 g/mol. The van der Waals surface area contributed by atoms with Gasteiger partial charge >= 0.3 is 0 Å². The van der Waals surface area contributed by atoms with Crippen LogP contribution in [0.4, 0.5) is 0 Å². The van der Waals surface area contributed by atoms with Gasteiger partial charge in [0, 0.05) is 19.3 Å². The first-order chi connectivity index (χ1) is 8.11. The minimum atomic E-state index is -0.218. The number of carbonyl (C=O) groups excluding carboxylic acids is 1. The maximum atomic E-state index is 11.9. The first-order valence-corrected chi connectivity index (χ1v) is 6.43. The molecule has 92 valence electrons. The van der Waals surface area contributed by atoms with E-state index < -0.39 is 0 Å². The highest BCUT2D eigenvalue weighted by Gasteiger charge is 2.30. The molecule has 1 aromatic rings. The number of hydrogen-bond donors (Lipinski definition) is 1. The highest BCUT2D eigenvalue weighted by atomic mass is 79.9. The summed E-state index contributed by atoms with van der Waals surface area (Å²) in [7, 11) is 0. The zero-order chi connectivity index (χ0) is 12.3. The van der Waals surface area contributed by atoms with Crippen LogP contribution in [0.15, 0.2) is 22.9 Å². The lowest BCUT2D eigenvalue weighted by atomic mass is 10.0. The first-order valence-electron chi connectivity index (χ1n) is 5.63. The fourth-order valence-electron chi connectivity index (χ4n) is 1.89. The predicted molar refractivity (Wildman–Crippen MR) is 67.9 cm³/mol. The zero-order valence-electron chi connectivity index (χ0n) is 9.70. The number of halogens is 1. The van der Waals surface area contributed by atoms with Crippen molar-refractivity contribution < 1.29 is 9.53 Å². The van der Waals surface area contributed by atoms with Crippen LogP contribution in [0.1, 0.15) is 30.1 Å². The van der Waals surface area contributed by atoms with Crippen LogP contribution < -0.4 is 5.32 Å². The van der Waals surface area contributed by atoms with Crippen LogP contribution in [0.3, 0.4) is 0 Å². The van der Waals surface area contributed by atoms with E-state index in [-0.39, 0.29) is 11.5 Å². The Hall–Kier alpha value is -0.940. The van der Waals surface area contributed by atoms with Crippen molar-refractivity contribution in [2.75, 3.05) is 13.2 Å². The second kappa shape index (κ2) is 5.14. The molecule has 1 unspecified atom stereocenters. The topological polar surface area (TPSA) is 51.2 Å². The van der Waals surface area contributed by atoms with E-state index in [2.05, 4.69) is 26.2 Å². The molecule has 1 N–H and O–H groups in total. The Kier molecular flexibility index (Phi) is 3.79. The van der Waals surface area contributed by atoms with Crippen molar-refractivity contribution in [3.63, 3.8) is 0 Å². The molecule has 4 nitrogen and oxygen atoms in total. The van der Waals surface area contributed by atoms with Crippen LogP contribution in [0.25, 0.3) is 0 Å². The highest BCUT2D eigenvalue weighted by molar-refractivity contribution is 9.10. The molecule has 0 bridgehead atoms. The van der Waals surface area contributed by atoms with Crippen molar-refractivity contribution in [1.82, 2.24) is 10.3 Å². The molecule has 1 aliphatic heterocycles. The highest BCUT2D eigenvalue weighted by Crippen LogP contribution is 2.24. The smallest absolute Gasteiger partial charge is 0.254 e. The molecule has 0 aliphatic carbocycles. The summed E-state index contributed by atoms with van der Waals surface area (Å²) in [5, 5.41) is 2.89. The molecular formula is C12H15BrN2O2. The number of hydrogen-bond acceptors (Lipinski definition) is 3. The number of nitrogens with one attached hydrogen (secondary N) is 1. The first kappa shape index (κ1) is 12.5. The molecule has 0 spiro atoms. The van der Waals surface area contributed by atoms with Crippen LogP contribution in [-0.2, 0) is 4.74 Å². The van der Waals surface area contributed by atoms with Gasteiger partial charge in [-0.3, -0.25) is 4.79 Å². The van der Waals surface area contributed by atoms with E-state index in [1.165, 1.54) is 0 Å². The van der Waals surface area contributed by atoms with Crippen molar-refractivity contribution in [3.8, 4) is 0 Å². The summed E-state index contributed by atoms with van der Waals surface area (Å²) in [4.78, 5) is 15.9. The average molecular weight is 299 g/mol. The van der Waals surface area contributed by atoms with E-state index in [1.807, 2.05) is 6.92 Å². The molecule has 1 atom stereocenters. The van der Waals surface area contributed by atoms with Gasteiger partial charge in [-0.05, 0) is 47.8 Å². The maximum absolute atomic E-state index is 11.9. The lowest BCUT2D eigenvalue weighted by molar-refractivity contribution is 0.0206. The Morgan fingerprint density at radius 2 is 2.53 bits per heavy atom. The maximum Gasteiger partial charge on any atom is 0.254 e. The number of aromatic nitrogens is 1. The fourth-order valence-corrected chi connectivity index (χ4v) is 2.32. The molecule has 0 saturated carbocycles. The van der Waals surface area contributed by atoms with Crippen molar-refractivity contribution in [2.24, 2.45) is 0 Å². The molecule has 2 heterocycles. The predicted octanol–water partition coefficient (Wildman–Crippen LogP) is 2.14. The molecule has 0 aromatic carbocycles. The van der Waals surface area contributed by atoms with Gasteiger partial charge in [-0.15, -0.1) is 0 Å². The fraction of sp³-hybridized carbons (Fsp3) is 0.500. The van der Waals surface area contributed by atoms with Gasteiger partial charge in [0.1, 0.15) is 4.60 Å². The molecule has 1 fully saturated rings. The average Bonchev–Trinajstić information content (AvgIpc) is 2.74. The summed E-state index contributed by atoms with van der Waals surface area (Å²) in [5.41, 5.74) is 0.332. The Bertz CT molecular complexity index is 417. The largest absolute Gasteiger partial charge is 0.373 e. The van der Waals surface area contributed by atoms with Crippen molar-refractivity contribution >= 4 is 21.8 Å². The Balaban J connectivity index is 1.96. The summed E-state index contributed by atoms with van der Waals surface area (Å²) >= 11 is 3.26. The summed E-state index contributed by atoms with van der Waals surface area (Å²) in [6, 6.07) is 3.48. The lowest BCUT2D eigenvalue weighted by Gasteiger charge is -2.23. The standard InChI is InChI=1S/C12H15BrN2O2/c1-12(5-3-7-17-12)8-15-11(16)9-4-2-6-14-10(9)13/h2,4,6H,3,5,7-8H2,1H3,(H,15,16). The third-order valence-corrected chi connectivity index (χ3v) is 3.56. The number of rotatable bonds is 3. The van der Waals surface area contributed by atoms with Gasteiger partial charge in [-0.1, -0.05) is 0 Å². The van der Waals surface area contributed by atoms with Gasteiger partial charge in [-0.25, -0.2) is 4.98 Å². The molecule has 1 aliphatic rings. The van der Waals surface area contributed by atoms with E-state index >= 15 is 0 Å². The molecule has 5 heteroatoms. The van der Waals surface area contributed by atoms with Crippen LogP contribution in [0, 0.1) is 0 Å². The van der Waals surface area contributed by atoms with Crippen LogP contribution in [0.2, 0.25) is 0 Å². The lowest BCUT2D eigenvalue weighted by Crippen LogP contribution is -2.40. The van der Waals surface area contributed by atoms with Crippen molar-refractivity contribution in [1.29, 1.82) is 0 Å². The summed E-state index contributed by atoms with van der Waals surface area (Å²) < 4.78 is 6.18. The Labute approximate surface area is 109 Å². The van der Waals surface area contributed by atoms with Gasteiger partial charge in [0.25, 0.3) is 5.91 Å². The summed E-state index contributed by atoms with van der Waals surface area (Å²) in [5.74, 6) is -0.123. The third kappa shape index (κ3) is 3.04. The van der Waals surface area contributed by atoms with Gasteiger partial charge < -0.3 is 10.1 Å². The van der Waals surface area contributed by atoms with Gasteiger partial charge in [0.2, 0.25) is 0 Å². The number of amides is 1. The quantitative estimate of drug-likeness (QED) is 0.870. The normalized spacial score (nSPS) is 23.6. The van der Waals surface area contributed by atoms with Crippen LogP contribution in [-0.4, -0.2) is 29.6 Å². The van der Waals surface area contributed by atoms with Gasteiger partial charge in [-0.2, -0.15) is 0 Å². The monoisotopic (exact) mass is 298 g/mol. The van der Waals surface area contributed by atoms with E-state index in [4.69, 9.17) is 4.74 Å². The van der Waals surface area contributed by atoms with Crippen molar-refractivity contribution in [3.05, 3.63) is 28.5 Å².